The SMILES string of the molecule is CC(C(=O)NCCc1cccs1)N1CCN(CC2CCCO2)CC1. The van der Waals surface area contributed by atoms with Crippen molar-refractivity contribution in [2.75, 3.05) is 45.9 Å². The molecule has 24 heavy (non-hydrogen) atoms. The highest BCUT2D eigenvalue weighted by molar-refractivity contribution is 7.09. The van der Waals surface area contributed by atoms with Crippen molar-refractivity contribution in [2.45, 2.75) is 38.3 Å². The van der Waals surface area contributed by atoms with Crippen molar-refractivity contribution < 1.29 is 9.53 Å². The molecule has 1 aromatic heterocycles. The van der Waals surface area contributed by atoms with E-state index in [-0.39, 0.29) is 11.9 Å². The van der Waals surface area contributed by atoms with Crippen molar-refractivity contribution in [3.8, 4) is 0 Å². The lowest BCUT2D eigenvalue weighted by molar-refractivity contribution is -0.126. The Labute approximate surface area is 149 Å². The van der Waals surface area contributed by atoms with Gasteiger partial charge in [0.05, 0.1) is 12.1 Å². The Bertz CT molecular complexity index is 494. The largest absolute Gasteiger partial charge is 0.377 e. The molecule has 2 unspecified atom stereocenters. The Hall–Kier alpha value is -0.950. The van der Waals surface area contributed by atoms with Crippen LogP contribution in [-0.4, -0.2) is 73.7 Å². The monoisotopic (exact) mass is 351 g/mol. The molecule has 134 valence electrons. The van der Waals surface area contributed by atoms with Crippen LogP contribution in [0.15, 0.2) is 17.5 Å². The van der Waals surface area contributed by atoms with Crippen LogP contribution in [0.25, 0.3) is 0 Å². The molecule has 0 radical (unpaired) electrons. The highest BCUT2D eigenvalue weighted by Gasteiger charge is 2.27. The molecule has 2 atom stereocenters. The predicted octanol–water partition coefficient (Wildman–Crippen LogP) is 1.59. The van der Waals surface area contributed by atoms with Crippen LogP contribution < -0.4 is 5.32 Å². The minimum Gasteiger partial charge on any atom is -0.377 e. The van der Waals surface area contributed by atoms with Gasteiger partial charge in [-0.25, -0.2) is 0 Å². The van der Waals surface area contributed by atoms with Crippen LogP contribution in [0.5, 0.6) is 0 Å². The fraction of sp³-hybridized carbons (Fsp3) is 0.722. The van der Waals surface area contributed by atoms with Gasteiger partial charge in [0.1, 0.15) is 0 Å². The summed E-state index contributed by atoms with van der Waals surface area (Å²) in [5.41, 5.74) is 0. The molecule has 0 spiro atoms. The molecule has 5 nitrogen and oxygen atoms in total. The van der Waals surface area contributed by atoms with Gasteiger partial charge in [-0.2, -0.15) is 0 Å². The number of rotatable bonds is 7. The third-order valence-corrected chi connectivity index (χ3v) is 6.01. The summed E-state index contributed by atoms with van der Waals surface area (Å²) >= 11 is 1.75. The third kappa shape index (κ3) is 5.02. The van der Waals surface area contributed by atoms with Gasteiger partial charge in [-0.3, -0.25) is 14.6 Å². The van der Waals surface area contributed by atoms with E-state index < -0.39 is 0 Å². The average molecular weight is 352 g/mol. The molecule has 2 aliphatic heterocycles. The smallest absolute Gasteiger partial charge is 0.237 e. The van der Waals surface area contributed by atoms with Gasteiger partial charge in [0.15, 0.2) is 0 Å². The number of carbonyl (C=O) groups excluding carboxylic acids is 1. The summed E-state index contributed by atoms with van der Waals surface area (Å²) in [5, 5.41) is 5.16. The summed E-state index contributed by atoms with van der Waals surface area (Å²) in [7, 11) is 0. The Morgan fingerprint density at radius 3 is 2.92 bits per heavy atom. The number of hydrogen-bond donors (Lipinski definition) is 1. The van der Waals surface area contributed by atoms with Gasteiger partial charge in [-0.05, 0) is 37.6 Å². The Kier molecular flexibility index (Phi) is 6.66. The van der Waals surface area contributed by atoms with Gasteiger partial charge in [0.25, 0.3) is 0 Å². The van der Waals surface area contributed by atoms with Gasteiger partial charge in [-0.15, -0.1) is 11.3 Å². The van der Waals surface area contributed by atoms with E-state index in [4.69, 9.17) is 4.74 Å². The second-order valence-electron chi connectivity index (χ2n) is 6.77. The number of ether oxygens (including phenoxy) is 1. The van der Waals surface area contributed by atoms with Crippen molar-refractivity contribution in [2.24, 2.45) is 0 Å². The topological polar surface area (TPSA) is 44.8 Å². The number of amides is 1. The van der Waals surface area contributed by atoms with E-state index in [1.54, 1.807) is 11.3 Å². The average Bonchev–Trinajstić information content (AvgIpc) is 3.29. The first-order valence-electron chi connectivity index (χ1n) is 9.10. The van der Waals surface area contributed by atoms with Crippen LogP contribution in [0.4, 0.5) is 0 Å². The van der Waals surface area contributed by atoms with Crippen LogP contribution in [0.1, 0.15) is 24.6 Å². The zero-order valence-corrected chi connectivity index (χ0v) is 15.4. The van der Waals surface area contributed by atoms with Gasteiger partial charge < -0.3 is 10.1 Å². The van der Waals surface area contributed by atoms with E-state index in [1.807, 2.05) is 6.92 Å². The maximum atomic E-state index is 12.3. The second-order valence-corrected chi connectivity index (χ2v) is 7.80. The molecule has 6 heteroatoms. The van der Waals surface area contributed by atoms with Crippen LogP contribution in [-0.2, 0) is 16.0 Å². The van der Waals surface area contributed by atoms with E-state index in [9.17, 15) is 4.79 Å². The number of thiophene rings is 1. The first-order valence-corrected chi connectivity index (χ1v) is 9.98. The van der Waals surface area contributed by atoms with Gasteiger partial charge in [0, 0.05) is 50.8 Å². The fourth-order valence-electron chi connectivity index (χ4n) is 3.49. The standard InChI is InChI=1S/C18H29N3O2S/c1-15(18(22)19-7-6-17-5-3-13-24-17)21-10-8-20(9-11-21)14-16-4-2-12-23-16/h3,5,13,15-16H,2,4,6-12,14H2,1H3,(H,19,22). The molecule has 2 fully saturated rings. The van der Waals surface area contributed by atoms with Crippen molar-refractivity contribution >= 4 is 17.2 Å². The number of nitrogens with one attached hydrogen (secondary N) is 1. The van der Waals surface area contributed by atoms with E-state index in [1.165, 1.54) is 17.7 Å². The quantitative estimate of drug-likeness (QED) is 0.810. The molecule has 0 saturated carbocycles. The van der Waals surface area contributed by atoms with Crippen LogP contribution in [0, 0.1) is 0 Å². The van der Waals surface area contributed by atoms with Gasteiger partial charge in [-0.1, -0.05) is 6.07 Å². The van der Waals surface area contributed by atoms with Crippen LogP contribution in [0.2, 0.25) is 0 Å². The van der Waals surface area contributed by atoms with Crippen LogP contribution in [0.3, 0.4) is 0 Å². The Morgan fingerprint density at radius 1 is 1.42 bits per heavy atom. The van der Waals surface area contributed by atoms with Gasteiger partial charge in [0.2, 0.25) is 5.91 Å². The fourth-order valence-corrected chi connectivity index (χ4v) is 4.20. The summed E-state index contributed by atoms with van der Waals surface area (Å²) in [5.74, 6) is 0.152. The van der Waals surface area contributed by atoms with Crippen molar-refractivity contribution in [3.05, 3.63) is 22.4 Å². The zero-order valence-electron chi connectivity index (χ0n) is 14.6. The highest BCUT2D eigenvalue weighted by Crippen LogP contribution is 2.15. The Morgan fingerprint density at radius 2 is 2.25 bits per heavy atom. The molecule has 3 rings (SSSR count). The molecule has 1 amide bonds. The van der Waals surface area contributed by atoms with Crippen LogP contribution >= 0.6 is 11.3 Å². The number of nitrogens with zero attached hydrogens (tertiary/aromatic N) is 2. The molecule has 1 aromatic rings. The summed E-state index contributed by atoms with van der Waals surface area (Å²) in [6.07, 6.45) is 3.75. The molecule has 0 aliphatic carbocycles. The molecule has 0 bridgehead atoms. The molecular weight excluding hydrogens is 322 g/mol. The minimum atomic E-state index is -0.0433. The lowest BCUT2D eigenvalue weighted by Crippen LogP contribution is -2.54. The van der Waals surface area contributed by atoms with Crippen molar-refractivity contribution in [1.82, 2.24) is 15.1 Å². The first kappa shape index (κ1) is 17.9. The summed E-state index contributed by atoms with van der Waals surface area (Å²) in [6, 6.07) is 4.13. The maximum Gasteiger partial charge on any atom is 0.237 e. The lowest BCUT2D eigenvalue weighted by atomic mass is 10.2. The summed E-state index contributed by atoms with van der Waals surface area (Å²) < 4.78 is 5.72. The lowest BCUT2D eigenvalue weighted by Gasteiger charge is -2.38. The number of carbonyl (C=O) groups is 1. The molecule has 3 heterocycles. The summed E-state index contributed by atoms with van der Waals surface area (Å²) in [4.78, 5) is 18.5. The molecular formula is C18H29N3O2S. The van der Waals surface area contributed by atoms with E-state index in [0.717, 1.165) is 52.3 Å². The normalized spacial score (nSPS) is 24.1. The van der Waals surface area contributed by atoms with Crippen molar-refractivity contribution in [3.63, 3.8) is 0 Å². The van der Waals surface area contributed by atoms with Gasteiger partial charge >= 0.3 is 0 Å². The maximum absolute atomic E-state index is 12.3. The van der Waals surface area contributed by atoms with E-state index in [0.29, 0.717) is 6.10 Å². The van der Waals surface area contributed by atoms with E-state index in [2.05, 4.69) is 32.6 Å². The predicted molar refractivity (Wildman–Crippen MR) is 97.5 cm³/mol. The molecule has 2 saturated heterocycles. The Balaban J connectivity index is 1.34. The minimum absolute atomic E-state index is 0.0433. The zero-order chi connectivity index (χ0) is 16.8. The molecule has 2 aliphatic rings. The first-order chi connectivity index (χ1) is 11.7. The number of hydrogen-bond acceptors (Lipinski definition) is 5. The molecule has 0 aromatic carbocycles. The highest BCUT2D eigenvalue weighted by atomic mass is 32.1. The second kappa shape index (κ2) is 8.94. The third-order valence-electron chi connectivity index (χ3n) is 5.07. The summed E-state index contributed by atoms with van der Waals surface area (Å²) in [6.45, 7) is 8.72. The number of piperazine rings is 1. The van der Waals surface area contributed by atoms with E-state index >= 15 is 0 Å². The molecule has 1 N–H and O–H groups in total. The van der Waals surface area contributed by atoms with Crippen molar-refractivity contribution in [1.29, 1.82) is 0 Å².